The molecular weight excluding hydrogens is 287 g/mol. The zero-order valence-electron chi connectivity index (χ0n) is 9.70. The van der Waals surface area contributed by atoms with E-state index in [2.05, 4.69) is 15.9 Å². The maximum absolute atomic E-state index is 12.9. The lowest BCUT2D eigenvalue weighted by molar-refractivity contribution is -0.0238. The molecule has 0 radical (unpaired) electrons. The molecule has 1 aromatic rings. The molecule has 1 N–H and O–H groups in total. The van der Waals surface area contributed by atoms with Crippen LogP contribution in [0.1, 0.15) is 18.4 Å². The van der Waals surface area contributed by atoms with Crippen LogP contribution in [0.25, 0.3) is 0 Å². The molecule has 0 bridgehead atoms. The molecule has 17 heavy (non-hydrogen) atoms. The first-order valence-corrected chi connectivity index (χ1v) is 6.56. The highest BCUT2D eigenvalue weighted by Crippen LogP contribution is 2.36. The van der Waals surface area contributed by atoms with Crippen molar-refractivity contribution in [3.05, 3.63) is 34.1 Å². The predicted octanol–water partition coefficient (Wildman–Crippen LogP) is 2.92. The smallest absolute Gasteiger partial charge is 0.124 e. The van der Waals surface area contributed by atoms with Crippen LogP contribution in [-0.2, 0) is 11.2 Å². The van der Waals surface area contributed by atoms with Crippen LogP contribution in [0.5, 0.6) is 0 Å². The lowest BCUT2D eigenvalue weighted by atomic mass is 10.0. The third-order valence-corrected chi connectivity index (χ3v) is 3.92. The number of hydrogen-bond donors (Lipinski definition) is 1. The molecule has 1 aliphatic rings. The number of methoxy groups -OCH3 is 1. The highest BCUT2D eigenvalue weighted by molar-refractivity contribution is 9.10. The highest BCUT2D eigenvalue weighted by Gasteiger charge is 2.36. The summed E-state index contributed by atoms with van der Waals surface area (Å²) in [5, 5.41) is 10.1. The zero-order valence-corrected chi connectivity index (χ0v) is 11.3. The number of aliphatic hydroxyl groups is 1. The van der Waals surface area contributed by atoms with Crippen LogP contribution in [0.4, 0.5) is 4.39 Å². The zero-order chi connectivity index (χ0) is 12.4. The van der Waals surface area contributed by atoms with Crippen molar-refractivity contribution in [2.45, 2.75) is 31.5 Å². The Bertz CT molecular complexity index is 393. The summed E-state index contributed by atoms with van der Waals surface area (Å²) in [5.74, 6) is 0.204. The topological polar surface area (TPSA) is 29.5 Å². The van der Waals surface area contributed by atoms with Crippen molar-refractivity contribution in [3.8, 4) is 0 Å². The van der Waals surface area contributed by atoms with Gasteiger partial charge in [-0.2, -0.15) is 0 Å². The van der Waals surface area contributed by atoms with Crippen LogP contribution in [0.15, 0.2) is 22.7 Å². The van der Waals surface area contributed by atoms with Gasteiger partial charge in [0.2, 0.25) is 0 Å². The molecule has 2 atom stereocenters. The van der Waals surface area contributed by atoms with Crippen molar-refractivity contribution in [3.63, 3.8) is 0 Å². The van der Waals surface area contributed by atoms with Crippen molar-refractivity contribution in [2.75, 3.05) is 7.11 Å². The number of ether oxygens (including phenoxy) is 1. The Hall–Kier alpha value is -0.450. The van der Waals surface area contributed by atoms with Crippen LogP contribution in [0.2, 0.25) is 0 Å². The Balaban J connectivity index is 2.03. The lowest BCUT2D eigenvalue weighted by Crippen LogP contribution is -2.31. The van der Waals surface area contributed by atoms with Crippen molar-refractivity contribution in [1.29, 1.82) is 0 Å². The average Bonchev–Trinajstić information content (AvgIpc) is 3.08. The first-order valence-electron chi connectivity index (χ1n) is 5.76. The fourth-order valence-corrected chi connectivity index (χ4v) is 2.63. The van der Waals surface area contributed by atoms with Gasteiger partial charge in [0.25, 0.3) is 0 Å². The summed E-state index contributed by atoms with van der Waals surface area (Å²) >= 11 is 3.31. The van der Waals surface area contributed by atoms with E-state index in [1.807, 2.05) is 0 Å². The van der Waals surface area contributed by atoms with Gasteiger partial charge in [-0.15, -0.1) is 0 Å². The molecule has 0 amide bonds. The van der Waals surface area contributed by atoms with E-state index in [1.54, 1.807) is 13.2 Å². The first kappa shape index (κ1) is 13.0. The van der Waals surface area contributed by atoms with Gasteiger partial charge in [0, 0.05) is 18.0 Å². The van der Waals surface area contributed by atoms with Crippen LogP contribution < -0.4 is 0 Å². The maximum Gasteiger partial charge on any atom is 0.124 e. The Morgan fingerprint density at radius 2 is 2.24 bits per heavy atom. The Morgan fingerprint density at radius 3 is 2.76 bits per heavy atom. The van der Waals surface area contributed by atoms with Gasteiger partial charge >= 0.3 is 0 Å². The SMILES string of the molecule is COC(C(O)Cc1ccc(F)cc1Br)C1CC1. The summed E-state index contributed by atoms with van der Waals surface area (Å²) in [7, 11) is 1.63. The van der Waals surface area contributed by atoms with Crippen molar-refractivity contribution < 1.29 is 14.2 Å². The summed E-state index contributed by atoms with van der Waals surface area (Å²) in [4.78, 5) is 0. The molecule has 1 aromatic carbocycles. The molecule has 2 rings (SSSR count). The molecule has 0 heterocycles. The second kappa shape index (κ2) is 5.46. The molecule has 1 fully saturated rings. The van der Waals surface area contributed by atoms with E-state index in [1.165, 1.54) is 12.1 Å². The van der Waals surface area contributed by atoms with Gasteiger partial charge in [-0.25, -0.2) is 4.39 Å². The molecule has 1 aliphatic carbocycles. The number of benzene rings is 1. The predicted molar refractivity (Wildman–Crippen MR) is 67.3 cm³/mol. The fourth-order valence-electron chi connectivity index (χ4n) is 2.12. The van der Waals surface area contributed by atoms with Crippen LogP contribution in [0.3, 0.4) is 0 Å². The third-order valence-electron chi connectivity index (χ3n) is 3.18. The summed E-state index contributed by atoms with van der Waals surface area (Å²) < 4.78 is 19.0. The fraction of sp³-hybridized carbons (Fsp3) is 0.538. The van der Waals surface area contributed by atoms with Gasteiger partial charge in [-0.1, -0.05) is 22.0 Å². The minimum Gasteiger partial charge on any atom is -0.390 e. The number of rotatable bonds is 5. The van der Waals surface area contributed by atoms with E-state index >= 15 is 0 Å². The molecule has 94 valence electrons. The van der Waals surface area contributed by atoms with E-state index in [9.17, 15) is 9.50 Å². The van der Waals surface area contributed by atoms with Gasteiger partial charge < -0.3 is 9.84 Å². The van der Waals surface area contributed by atoms with Crippen LogP contribution >= 0.6 is 15.9 Å². The lowest BCUT2D eigenvalue weighted by Gasteiger charge is -2.21. The molecule has 2 unspecified atom stereocenters. The molecule has 4 heteroatoms. The van der Waals surface area contributed by atoms with E-state index < -0.39 is 6.10 Å². The van der Waals surface area contributed by atoms with Gasteiger partial charge in [-0.05, 0) is 36.5 Å². The summed E-state index contributed by atoms with van der Waals surface area (Å²) in [6, 6.07) is 4.52. The minimum atomic E-state index is -0.533. The average molecular weight is 303 g/mol. The Labute approximate surface area is 109 Å². The second-order valence-electron chi connectivity index (χ2n) is 4.54. The van der Waals surface area contributed by atoms with E-state index in [0.717, 1.165) is 18.4 Å². The molecule has 0 aromatic heterocycles. The number of halogens is 2. The highest BCUT2D eigenvalue weighted by atomic mass is 79.9. The molecule has 0 saturated heterocycles. The van der Waals surface area contributed by atoms with Crippen LogP contribution in [0, 0.1) is 11.7 Å². The van der Waals surface area contributed by atoms with Gasteiger partial charge in [0.15, 0.2) is 0 Å². The normalized spacial score (nSPS) is 19.1. The Kier molecular flexibility index (Phi) is 4.17. The molecule has 1 saturated carbocycles. The molecule has 0 aliphatic heterocycles. The first-order chi connectivity index (χ1) is 8.11. The Morgan fingerprint density at radius 1 is 1.53 bits per heavy atom. The number of aliphatic hydroxyl groups excluding tert-OH is 1. The molecule has 2 nitrogen and oxygen atoms in total. The van der Waals surface area contributed by atoms with Crippen molar-refractivity contribution in [1.82, 2.24) is 0 Å². The van der Waals surface area contributed by atoms with E-state index in [0.29, 0.717) is 16.8 Å². The quantitative estimate of drug-likeness (QED) is 0.906. The molecule has 0 spiro atoms. The minimum absolute atomic E-state index is 0.105. The third kappa shape index (κ3) is 3.27. The van der Waals surface area contributed by atoms with Gasteiger partial charge in [0.1, 0.15) is 5.82 Å². The van der Waals surface area contributed by atoms with Crippen LogP contribution in [-0.4, -0.2) is 24.4 Å². The summed E-state index contributed by atoms with van der Waals surface area (Å²) in [5.41, 5.74) is 0.904. The van der Waals surface area contributed by atoms with Gasteiger partial charge in [-0.3, -0.25) is 0 Å². The van der Waals surface area contributed by atoms with Crippen molar-refractivity contribution >= 4 is 15.9 Å². The van der Waals surface area contributed by atoms with E-state index in [4.69, 9.17) is 4.74 Å². The monoisotopic (exact) mass is 302 g/mol. The van der Waals surface area contributed by atoms with Crippen molar-refractivity contribution in [2.24, 2.45) is 5.92 Å². The number of hydrogen-bond acceptors (Lipinski definition) is 2. The molecular formula is C13H16BrFO2. The van der Waals surface area contributed by atoms with Gasteiger partial charge in [0.05, 0.1) is 12.2 Å². The van der Waals surface area contributed by atoms with E-state index in [-0.39, 0.29) is 11.9 Å². The largest absolute Gasteiger partial charge is 0.390 e. The summed E-state index contributed by atoms with van der Waals surface area (Å²) in [6.45, 7) is 0. The standard InChI is InChI=1S/C13H16BrFO2/c1-17-13(8-2-3-8)12(16)6-9-4-5-10(15)7-11(9)14/h4-5,7-8,12-13,16H,2-3,6H2,1H3. The second-order valence-corrected chi connectivity index (χ2v) is 5.40. The summed E-state index contributed by atoms with van der Waals surface area (Å²) in [6.07, 6.45) is 2.09. The maximum atomic E-state index is 12.9.